The zero-order valence-electron chi connectivity index (χ0n) is 24.4. The van der Waals surface area contributed by atoms with Crippen molar-refractivity contribution in [1.82, 2.24) is 10.3 Å². The monoisotopic (exact) mass is 640 g/mol. The first-order valence-electron chi connectivity index (χ1n) is 14.4. The van der Waals surface area contributed by atoms with Crippen molar-refractivity contribution >= 4 is 67.9 Å². The van der Waals surface area contributed by atoms with Gasteiger partial charge in [-0.2, -0.15) is 0 Å². The van der Waals surface area contributed by atoms with Crippen LogP contribution >= 0.6 is 23.1 Å². The van der Waals surface area contributed by atoms with Crippen LogP contribution in [0.4, 0.5) is 10.8 Å². The van der Waals surface area contributed by atoms with Crippen LogP contribution in [-0.2, 0) is 9.59 Å². The van der Waals surface area contributed by atoms with E-state index in [0.717, 1.165) is 26.2 Å². The Morgan fingerprint density at radius 1 is 0.696 bits per heavy atom. The van der Waals surface area contributed by atoms with Crippen LogP contribution in [0.1, 0.15) is 26.7 Å². The number of aromatic nitrogens is 1. The molecule has 0 saturated carbocycles. The molecule has 226 valence electrons. The molecule has 5 aromatic carbocycles. The molecule has 0 aliphatic rings. The number of nitrogens with one attached hydrogen (secondary N) is 3. The molecule has 1 heterocycles. The molecule has 0 spiro atoms. The molecule has 3 N–H and O–H groups in total. The van der Waals surface area contributed by atoms with Gasteiger partial charge in [0.2, 0.25) is 5.91 Å². The summed E-state index contributed by atoms with van der Waals surface area (Å²) in [5, 5.41) is 8.64. The summed E-state index contributed by atoms with van der Waals surface area (Å²) in [6, 6.07) is 42.6. The SMILES string of the molecule is O=C(Nc1ccc(SC(C(=O)Nc2nc3ccccc3s2)c2ccccc2)cc1)/C(=C/c1ccccc1)NC(=O)c1ccccc1. The van der Waals surface area contributed by atoms with Crippen LogP contribution in [0.5, 0.6) is 0 Å². The zero-order valence-corrected chi connectivity index (χ0v) is 26.1. The average Bonchev–Trinajstić information content (AvgIpc) is 3.51. The van der Waals surface area contributed by atoms with Gasteiger partial charge in [-0.3, -0.25) is 14.4 Å². The molecule has 1 aromatic heterocycles. The maximum Gasteiger partial charge on any atom is 0.272 e. The number of amides is 3. The van der Waals surface area contributed by atoms with Crippen molar-refractivity contribution < 1.29 is 14.4 Å². The van der Waals surface area contributed by atoms with Crippen LogP contribution in [0.3, 0.4) is 0 Å². The largest absolute Gasteiger partial charge is 0.321 e. The maximum absolute atomic E-state index is 13.6. The van der Waals surface area contributed by atoms with Crippen molar-refractivity contribution in [2.75, 3.05) is 10.6 Å². The van der Waals surface area contributed by atoms with Gasteiger partial charge in [-0.15, -0.1) is 11.8 Å². The van der Waals surface area contributed by atoms with E-state index in [9.17, 15) is 14.4 Å². The highest BCUT2D eigenvalue weighted by Gasteiger charge is 2.23. The van der Waals surface area contributed by atoms with Gasteiger partial charge in [-0.25, -0.2) is 4.98 Å². The number of hydrogen-bond acceptors (Lipinski definition) is 6. The maximum atomic E-state index is 13.6. The van der Waals surface area contributed by atoms with Crippen molar-refractivity contribution in [3.8, 4) is 0 Å². The van der Waals surface area contributed by atoms with E-state index in [0.29, 0.717) is 16.4 Å². The van der Waals surface area contributed by atoms with E-state index in [1.807, 2.05) is 103 Å². The molecule has 9 heteroatoms. The smallest absolute Gasteiger partial charge is 0.272 e. The van der Waals surface area contributed by atoms with Gasteiger partial charge in [-0.05, 0) is 65.7 Å². The molecule has 0 bridgehead atoms. The first kappa shape index (κ1) is 30.5. The van der Waals surface area contributed by atoms with Crippen LogP contribution in [0, 0.1) is 0 Å². The molecule has 0 aliphatic heterocycles. The Kier molecular flexibility index (Phi) is 9.63. The predicted molar refractivity (Wildman–Crippen MR) is 187 cm³/mol. The fourth-order valence-electron chi connectivity index (χ4n) is 4.61. The zero-order chi connectivity index (χ0) is 31.7. The molecule has 3 amide bonds. The third kappa shape index (κ3) is 7.76. The molecule has 0 radical (unpaired) electrons. The summed E-state index contributed by atoms with van der Waals surface area (Å²) in [7, 11) is 0. The number of hydrogen-bond donors (Lipinski definition) is 3. The number of fused-ring (bicyclic) bond motifs is 1. The Bertz CT molecular complexity index is 1960. The molecule has 46 heavy (non-hydrogen) atoms. The number of rotatable bonds is 10. The Hall–Kier alpha value is -5.51. The summed E-state index contributed by atoms with van der Waals surface area (Å²) < 4.78 is 1.00. The molecule has 7 nitrogen and oxygen atoms in total. The number of carbonyl (C=O) groups excluding carboxylic acids is 3. The second-order valence-electron chi connectivity index (χ2n) is 10.2. The van der Waals surface area contributed by atoms with Crippen LogP contribution < -0.4 is 16.0 Å². The van der Waals surface area contributed by atoms with E-state index in [4.69, 9.17) is 0 Å². The molecular weight excluding hydrogens is 613 g/mol. The van der Waals surface area contributed by atoms with Crippen LogP contribution in [0.2, 0.25) is 0 Å². The topological polar surface area (TPSA) is 100 Å². The summed E-state index contributed by atoms with van der Waals surface area (Å²) in [5.41, 5.74) is 3.55. The highest BCUT2D eigenvalue weighted by molar-refractivity contribution is 8.00. The lowest BCUT2D eigenvalue weighted by Gasteiger charge is -2.16. The molecule has 1 atom stereocenters. The lowest BCUT2D eigenvalue weighted by atomic mass is 10.1. The van der Waals surface area contributed by atoms with Gasteiger partial charge >= 0.3 is 0 Å². The molecule has 0 saturated heterocycles. The Morgan fingerprint density at radius 3 is 2.02 bits per heavy atom. The second kappa shape index (κ2) is 14.5. The normalized spacial score (nSPS) is 11.9. The Balaban J connectivity index is 1.17. The van der Waals surface area contributed by atoms with Crippen molar-refractivity contribution in [2.45, 2.75) is 10.1 Å². The number of nitrogens with zero attached hydrogens (tertiary/aromatic N) is 1. The van der Waals surface area contributed by atoms with Gasteiger partial charge in [0.05, 0.1) is 10.2 Å². The van der Waals surface area contributed by atoms with Gasteiger partial charge in [0.1, 0.15) is 10.9 Å². The van der Waals surface area contributed by atoms with Crippen LogP contribution in [0.15, 0.2) is 150 Å². The predicted octanol–water partition coefficient (Wildman–Crippen LogP) is 8.18. The molecule has 0 fully saturated rings. The minimum Gasteiger partial charge on any atom is -0.321 e. The fourth-order valence-corrected chi connectivity index (χ4v) is 6.50. The number of para-hydroxylation sites is 1. The number of thioether (sulfide) groups is 1. The van der Waals surface area contributed by atoms with E-state index in [1.54, 1.807) is 42.5 Å². The highest BCUT2D eigenvalue weighted by atomic mass is 32.2. The van der Waals surface area contributed by atoms with Gasteiger partial charge in [0.15, 0.2) is 5.13 Å². The minimum atomic E-state index is -0.540. The summed E-state index contributed by atoms with van der Waals surface area (Å²) in [5.74, 6) is -1.04. The van der Waals surface area contributed by atoms with E-state index >= 15 is 0 Å². The quantitative estimate of drug-likeness (QED) is 0.104. The number of anilines is 2. The standard InChI is InChI=1S/C37H28N4O3S2/c42-34(27-16-8-3-9-17-27)39-31(24-25-12-4-1-5-13-25)35(43)38-28-20-22-29(23-21-28)45-33(26-14-6-2-7-15-26)36(44)41-37-40-30-18-10-11-19-32(30)46-37/h1-24,33H,(H,38,43)(H,39,42)(H,40,41,44)/b31-24-. The van der Waals surface area contributed by atoms with Crippen molar-refractivity contribution in [1.29, 1.82) is 0 Å². The van der Waals surface area contributed by atoms with Crippen LogP contribution in [-0.4, -0.2) is 22.7 Å². The average molecular weight is 641 g/mol. The van der Waals surface area contributed by atoms with Crippen molar-refractivity contribution in [3.05, 3.63) is 162 Å². The first-order valence-corrected chi connectivity index (χ1v) is 16.1. The highest BCUT2D eigenvalue weighted by Crippen LogP contribution is 2.37. The third-order valence-electron chi connectivity index (χ3n) is 6.87. The Morgan fingerprint density at radius 2 is 1.33 bits per heavy atom. The molecule has 1 unspecified atom stereocenters. The number of thiazole rings is 1. The minimum absolute atomic E-state index is 0.106. The first-order chi connectivity index (χ1) is 22.5. The van der Waals surface area contributed by atoms with Gasteiger partial charge in [0.25, 0.3) is 11.8 Å². The van der Waals surface area contributed by atoms with E-state index in [1.165, 1.54) is 23.1 Å². The lowest BCUT2D eigenvalue weighted by molar-refractivity contribution is -0.116. The molecule has 6 rings (SSSR count). The van der Waals surface area contributed by atoms with Gasteiger partial charge in [0, 0.05) is 16.1 Å². The van der Waals surface area contributed by atoms with Crippen molar-refractivity contribution in [2.24, 2.45) is 0 Å². The molecule has 0 aliphatic carbocycles. The van der Waals surface area contributed by atoms with Crippen LogP contribution in [0.25, 0.3) is 16.3 Å². The van der Waals surface area contributed by atoms with E-state index < -0.39 is 11.2 Å². The van der Waals surface area contributed by atoms with Crippen molar-refractivity contribution in [3.63, 3.8) is 0 Å². The van der Waals surface area contributed by atoms with E-state index in [-0.39, 0.29) is 17.5 Å². The summed E-state index contributed by atoms with van der Waals surface area (Å²) in [6.45, 7) is 0. The second-order valence-corrected chi connectivity index (χ2v) is 12.4. The fraction of sp³-hybridized carbons (Fsp3) is 0.0270. The summed E-state index contributed by atoms with van der Waals surface area (Å²) in [6.07, 6.45) is 1.63. The molecular formula is C37H28N4O3S2. The summed E-state index contributed by atoms with van der Waals surface area (Å²) >= 11 is 2.84. The lowest BCUT2D eigenvalue weighted by Crippen LogP contribution is -2.30. The summed E-state index contributed by atoms with van der Waals surface area (Å²) in [4.78, 5) is 45.3. The Labute approximate surface area is 274 Å². The van der Waals surface area contributed by atoms with E-state index in [2.05, 4.69) is 20.9 Å². The number of carbonyl (C=O) groups is 3. The third-order valence-corrected chi connectivity index (χ3v) is 9.09. The van der Waals surface area contributed by atoms with Gasteiger partial charge < -0.3 is 16.0 Å². The number of benzene rings is 5. The molecule has 6 aromatic rings. The van der Waals surface area contributed by atoms with Gasteiger partial charge in [-0.1, -0.05) is 102 Å².